The highest BCUT2D eigenvalue weighted by molar-refractivity contribution is 5.94. The molecule has 5 aromatic carbocycles. The summed E-state index contributed by atoms with van der Waals surface area (Å²) in [5, 5.41) is 22.0. The highest BCUT2D eigenvalue weighted by Crippen LogP contribution is 2.35. The second kappa shape index (κ2) is 21.6. The molecule has 3 aliphatic rings. The minimum absolute atomic E-state index is 0.0403. The SMILES string of the molecule is COc1ccc(CN(CCCCC[C@H](O)c2ccc(O)c3[nH]c(=O)ccc23)C(=O)c2ccc(COc3cccc([C@@H](CC(=O)O[C@H]4CN5CCC4CC5)c4ccccc4)c3)cc2)c(OC)c1. The molecule has 12 nitrogen and oxygen atoms in total. The average Bonchev–Trinajstić information content (AvgIpc) is 3.35. The molecule has 3 fully saturated rings. The van der Waals surface area contributed by atoms with E-state index in [1.807, 2.05) is 89.8 Å². The Kier molecular flexibility index (Phi) is 15.0. The van der Waals surface area contributed by atoms with E-state index in [9.17, 15) is 24.6 Å². The molecule has 0 spiro atoms. The number of aromatic amines is 1. The number of fused-ring (bicyclic) bond motifs is 4. The highest BCUT2D eigenvalue weighted by atomic mass is 16.5. The van der Waals surface area contributed by atoms with Crippen LogP contribution < -0.4 is 19.8 Å². The van der Waals surface area contributed by atoms with E-state index >= 15 is 0 Å². The number of benzene rings is 5. The topological polar surface area (TPSA) is 151 Å². The molecule has 2 bridgehead atoms. The van der Waals surface area contributed by atoms with Crippen LogP contribution in [0.3, 0.4) is 0 Å². The van der Waals surface area contributed by atoms with Gasteiger partial charge >= 0.3 is 5.97 Å². The predicted molar refractivity (Wildman–Crippen MR) is 253 cm³/mol. The number of phenolic OH excluding ortho intramolecular Hbond substituents is 1. The first-order chi connectivity index (χ1) is 32.1. The third-order valence-electron chi connectivity index (χ3n) is 13.1. The van der Waals surface area contributed by atoms with Crippen molar-refractivity contribution < 1.29 is 38.7 Å². The van der Waals surface area contributed by atoms with Gasteiger partial charge in [-0.1, -0.05) is 73.5 Å². The summed E-state index contributed by atoms with van der Waals surface area (Å²) in [6.45, 7) is 4.07. The van der Waals surface area contributed by atoms with Crippen molar-refractivity contribution in [3.63, 3.8) is 0 Å². The second-order valence-corrected chi connectivity index (χ2v) is 17.4. The molecule has 3 aliphatic heterocycles. The molecule has 9 rings (SSSR count). The number of ether oxygens (including phenoxy) is 4. The van der Waals surface area contributed by atoms with Crippen molar-refractivity contribution in [1.29, 1.82) is 0 Å². The predicted octanol–water partition coefficient (Wildman–Crippen LogP) is 8.93. The number of unbranched alkanes of at least 4 members (excludes halogenated alkanes) is 2. The first kappa shape index (κ1) is 45.9. The lowest BCUT2D eigenvalue weighted by Crippen LogP contribution is -2.52. The molecule has 66 heavy (non-hydrogen) atoms. The van der Waals surface area contributed by atoms with Gasteiger partial charge in [-0.05, 0) is 115 Å². The smallest absolute Gasteiger partial charge is 0.307 e. The van der Waals surface area contributed by atoms with Crippen molar-refractivity contribution in [2.24, 2.45) is 5.92 Å². The van der Waals surface area contributed by atoms with Crippen LogP contribution in [-0.2, 0) is 22.7 Å². The molecule has 0 radical (unpaired) electrons. The van der Waals surface area contributed by atoms with Gasteiger partial charge in [0.15, 0.2) is 0 Å². The number of aliphatic hydroxyl groups is 1. The fourth-order valence-electron chi connectivity index (χ4n) is 9.42. The van der Waals surface area contributed by atoms with Crippen LogP contribution in [0.4, 0.5) is 0 Å². The third-order valence-corrected chi connectivity index (χ3v) is 13.1. The van der Waals surface area contributed by atoms with Gasteiger partial charge in [-0.15, -0.1) is 0 Å². The van der Waals surface area contributed by atoms with Crippen LogP contribution in [0.2, 0.25) is 0 Å². The van der Waals surface area contributed by atoms with Gasteiger partial charge in [-0.2, -0.15) is 0 Å². The molecule has 12 heteroatoms. The van der Waals surface area contributed by atoms with E-state index in [0.717, 1.165) is 61.2 Å². The van der Waals surface area contributed by atoms with Gasteiger partial charge in [-0.3, -0.25) is 19.3 Å². The summed E-state index contributed by atoms with van der Waals surface area (Å²) < 4.78 is 23.5. The number of phenols is 1. The molecule has 3 N–H and O–H groups in total. The largest absolute Gasteiger partial charge is 0.506 e. The zero-order valence-electron chi connectivity index (χ0n) is 37.7. The van der Waals surface area contributed by atoms with Crippen LogP contribution in [0.1, 0.15) is 95.1 Å². The van der Waals surface area contributed by atoms with E-state index in [0.29, 0.717) is 77.5 Å². The Labute approximate surface area is 385 Å². The zero-order chi connectivity index (χ0) is 46.0. The van der Waals surface area contributed by atoms with Crippen molar-refractivity contribution in [2.75, 3.05) is 40.4 Å². The molecule has 6 aromatic rings. The molecule has 0 saturated carbocycles. The van der Waals surface area contributed by atoms with Gasteiger partial charge in [0.2, 0.25) is 5.56 Å². The van der Waals surface area contributed by atoms with Crippen molar-refractivity contribution in [3.8, 4) is 23.0 Å². The fourth-order valence-corrected chi connectivity index (χ4v) is 9.42. The van der Waals surface area contributed by atoms with E-state index < -0.39 is 6.10 Å². The lowest BCUT2D eigenvalue weighted by molar-refractivity contribution is -0.159. The first-order valence-electron chi connectivity index (χ1n) is 23.0. The monoisotopic (exact) mass is 893 g/mol. The quantitative estimate of drug-likeness (QED) is 0.0501. The standard InChI is InChI=1S/C54H59N3O9/c1-63-42-20-19-41(49(31-42)64-2)33-57(27-8-4-7-14-47(58)44-21-23-48(59)53-45(44)22-24-51(60)55-53)54(62)39-17-15-36(16-18-39)35-65-43-13-9-12-40(30-43)46(37-10-5-3-6-11-37)32-52(61)66-50-34-56-28-25-38(50)26-29-56/h3,5-6,9-13,15-24,30-31,38,46-47,50,58-59H,4,7-8,14,25-29,32-35H2,1-2H3,(H,55,60)/t46-,47-,50-/m0/s1. The zero-order valence-corrected chi connectivity index (χ0v) is 37.7. The number of amides is 1. The number of nitrogens with zero attached hydrogens (tertiary/aromatic N) is 2. The van der Waals surface area contributed by atoms with Crippen LogP contribution >= 0.6 is 0 Å². The van der Waals surface area contributed by atoms with Crippen LogP contribution in [0.25, 0.3) is 10.9 Å². The van der Waals surface area contributed by atoms with Crippen LogP contribution in [0, 0.1) is 5.92 Å². The van der Waals surface area contributed by atoms with Crippen molar-refractivity contribution in [1.82, 2.24) is 14.8 Å². The molecule has 0 aliphatic carbocycles. The van der Waals surface area contributed by atoms with E-state index in [1.54, 1.807) is 26.4 Å². The summed E-state index contributed by atoms with van der Waals surface area (Å²) in [6.07, 6.45) is 4.17. The summed E-state index contributed by atoms with van der Waals surface area (Å²) in [5.41, 5.74) is 4.89. The Hall–Kier alpha value is -6.63. The Bertz CT molecular complexity index is 2640. The number of carbonyl (C=O) groups is 2. The van der Waals surface area contributed by atoms with Crippen LogP contribution in [-0.4, -0.2) is 83.4 Å². The number of piperidine rings is 3. The number of hydrogen-bond donors (Lipinski definition) is 3. The number of H-pyrrole nitrogens is 1. The maximum Gasteiger partial charge on any atom is 0.307 e. The highest BCUT2D eigenvalue weighted by Gasteiger charge is 2.37. The van der Waals surface area contributed by atoms with E-state index in [4.69, 9.17) is 18.9 Å². The van der Waals surface area contributed by atoms with Gasteiger partial charge in [0, 0.05) is 54.2 Å². The number of aliphatic hydroxyl groups excluding tert-OH is 1. The van der Waals surface area contributed by atoms with E-state index in [2.05, 4.69) is 22.0 Å². The Morgan fingerprint density at radius 2 is 1.61 bits per heavy atom. The maximum atomic E-state index is 14.2. The number of hydrogen-bond acceptors (Lipinski definition) is 10. The van der Waals surface area contributed by atoms with Gasteiger partial charge in [0.05, 0.1) is 32.3 Å². The van der Waals surface area contributed by atoms with Crippen LogP contribution in [0.5, 0.6) is 23.0 Å². The number of nitrogens with one attached hydrogen (secondary N) is 1. The van der Waals surface area contributed by atoms with Gasteiger partial charge in [0.1, 0.15) is 35.7 Å². The number of carbonyl (C=O) groups excluding carboxylic acids is 2. The summed E-state index contributed by atoms with van der Waals surface area (Å²) in [7, 11) is 3.19. The molecule has 1 amide bonds. The first-order valence-corrected chi connectivity index (χ1v) is 23.0. The summed E-state index contributed by atoms with van der Waals surface area (Å²) >= 11 is 0. The van der Waals surface area contributed by atoms with Crippen molar-refractivity contribution >= 4 is 22.8 Å². The molecule has 0 unspecified atom stereocenters. The molecular weight excluding hydrogens is 835 g/mol. The lowest BCUT2D eigenvalue weighted by Gasteiger charge is -2.44. The number of rotatable bonds is 20. The Morgan fingerprint density at radius 3 is 2.35 bits per heavy atom. The number of methoxy groups -OCH3 is 2. The molecule has 344 valence electrons. The third kappa shape index (κ3) is 11.2. The van der Waals surface area contributed by atoms with Crippen molar-refractivity contribution in [2.45, 2.75) is 76.2 Å². The maximum absolute atomic E-state index is 14.2. The average molecular weight is 894 g/mol. The van der Waals surface area contributed by atoms with Crippen molar-refractivity contribution in [3.05, 3.63) is 165 Å². The number of pyridine rings is 1. The summed E-state index contributed by atoms with van der Waals surface area (Å²) in [6, 6.07) is 37.2. The molecular formula is C54H59N3O9. The number of aromatic nitrogens is 1. The van der Waals surface area contributed by atoms with Gasteiger partial charge in [-0.25, -0.2) is 0 Å². The Morgan fingerprint density at radius 1 is 0.818 bits per heavy atom. The summed E-state index contributed by atoms with van der Waals surface area (Å²) in [4.78, 5) is 46.4. The second-order valence-electron chi connectivity index (χ2n) is 17.4. The minimum atomic E-state index is -0.798. The Balaban J connectivity index is 0.903. The molecule has 4 heterocycles. The molecule has 1 aromatic heterocycles. The summed E-state index contributed by atoms with van der Waals surface area (Å²) in [5.74, 6) is 1.85. The van der Waals surface area contributed by atoms with Crippen LogP contribution in [0.15, 0.2) is 126 Å². The van der Waals surface area contributed by atoms with Gasteiger partial charge in [0.25, 0.3) is 5.91 Å². The minimum Gasteiger partial charge on any atom is -0.506 e. The van der Waals surface area contributed by atoms with E-state index in [-0.39, 0.29) is 48.2 Å². The number of aromatic hydroxyl groups is 1. The normalized spacial score (nSPS) is 17.5. The van der Waals surface area contributed by atoms with Gasteiger partial charge < -0.3 is 39.0 Å². The fraction of sp³-hybridized carbons (Fsp3) is 0.352. The number of esters is 1. The van der Waals surface area contributed by atoms with E-state index in [1.165, 1.54) is 12.1 Å². The molecule has 3 atom stereocenters. The molecule has 3 saturated heterocycles. The lowest BCUT2D eigenvalue weighted by atomic mass is 9.85.